The lowest BCUT2D eigenvalue weighted by Crippen LogP contribution is -2.39. The van der Waals surface area contributed by atoms with Crippen LogP contribution in [0.1, 0.15) is 26.7 Å². The van der Waals surface area contributed by atoms with E-state index in [1.54, 1.807) is 30.4 Å². The zero-order valence-corrected chi connectivity index (χ0v) is 12.3. The van der Waals surface area contributed by atoms with Gasteiger partial charge in [-0.15, -0.1) is 11.8 Å². The summed E-state index contributed by atoms with van der Waals surface area (Å²) in [6.07, 6.45) is 6.76. The third-order valence-corrected chi connectivity index (χ3v) is 3.35. The zero-order chi connectivity index (χ0) is 13.9. The van der Waals surface area contributed by atoms with Crippen molar-refractivity contribution in [1.29, 1.82) is 0 Å². The lowest BCUT2D eigenvalue weighted by Gasteiger charge is -2.16. The predicted molar refractivity (Wildman–Crippen MR) is 76.1 cm³/mol. The Morgan fingerprint density at radius 3 is 2.95 bits per heavy atom. The molecule has 19 heavy (non-hydrogen) atoms. The Morgan fingerprint density at radius 1 is 1.47 bits per heavy atom. The van der Waals surface area contributed by atoms with Gasteiger partial charge >= 0.3 is 5.97 Å². The number of ether oxygens (including phenoxy) is 1. The zero-order valence-electron chi connectivity index (χ0n) is 11.5. The summed E-state index contributed by atoms with van der Waals surface area (Å²) in [5.74, 6) is 0.634. The molecule has 0 aromatic carbocycles. The third kappa shape index (κ3) is 6.54. The number of thioether (sulfide) groups is 1. The van der Waals surface area contributed by atoms with E-state index in [0.29, 0.717) is 6.61 Å². The first-order chi connectivity index (χ1) is 9.27. The van der Waals surface area contributed by atoms with E-state index in [-0.39, 0.29) is 12.0 Å². The molecular weight excluding hydrogens is 262 g/mol. The van der Waals surface area contributed by atoms with Crippen molar-refractivity contribution >= 4 is 17.7 Å². The van der Waals surface area contributed by atoms with Crippen LogP contribution in [0.15, 0.2) is 23.6 Å². The number of hydrogen-bond acceptors (Lipinski definition) is 6. The number of nitrogens with zero attached hydrogens (tertiary/aromatic N) is 2. The van der Waals surface area contributed by atoms with Gasteiger partial charge in [0, 0.05) is 18.1 Å². The summed E-state index contributed by atoms with van der Waals surface area (Å²) in [5.41, 5.74) is 0. The van der Waals surface area contributed by atoms with Gasteiger partial charge in [0.1, 0.15) is 11.1 Å². The molecule has 6 heteroatoms. The van der Waals surface area contributed by atoms with Crippen molar-refractivity contribution in [3.8, 4) is 0 Å². The fourth-order valence-electron chi connectivity index (χ4n) is 1.51. The normalized spacial score (nSPS) is 12.1. The van der Waals surface area contributed by atoms with Crippen LogP contribution in [0.5, 0.6) is 0 Å². The molecule has 1 heterocycles. The molecule has 0 aliphatic heterocycles. The molecule has 5 nitrogen and oxygen atoms in total. The molecule has 1 rings (SSSR count). The lowest BCUT2D eigenvalue weighted by atomic mass is 10.2. The molecular formula is C13H21N3O2S. The van der Waals surface area contributed by atoms with Gasteiger partial charge in [-0.1, -0.05) is 6.92 Å². The molecule has 0 saturated heterocycles. The number of hydrogen-bond donors (Lipinski definition) is 1. The second-order valence-electron chi connectivity index (χ2n) is 3.94. The van der Waals surface area contributed by atoms with Gasteiger partial charge < -0.3 is 10.1 Å². The lowest BCUT2D eigenvalue weighted by molar-refractivity contribution is -0.145. The first-order valence-corrected chi connectivity index (χ1v) is 7.55. The van der Waals surface area contributed by atoms with Gasteiger partial charge in [-0.05, 0) is 26.3 Å². The standard InChI is InChI=1S/C13H21N3O2S/c1-3-6-15-11(13(17)18-4-2)5-9-19-12-10-14-7-8-16-12/h7-8,10-11,15H,3-6,9H2,1-2H3. The number of carbonyl (C=O) groups excluding carboxylic acids is 1. The fourth-order valence-corrected chi connectivity index (χ4v) is 2.34. The molecule has 0 bridgehead atoms. The van der Waals surface area contributed by atoms with Gasteiger partial charge in [-0.2, -0.15) is 0 Å². The van der Waals surface area contributed by atoms with E-state index < -0.39 is 0 Å². The SMILES string of the molecule is CCCNC(CCSc1cnccn1)C(=O)OCC. The van der Waals surface area contributed by atoms with Crippen molar-refractivity contribution in [2.24, 2.45) is 0 Å². The number of esters is 1. The maximum absolute atomic E-state index is 11.8. The first-order valence-electron chi connectivity index (χ1n) is 6.56. The van der Waals surface area contributed by atoms with Crippen LogP contribution in [-0.4, -0.2) is 40.9 Å². The molecule has 1 aromatic rings. The largest absolute Gasteiger partial charge is 0.465 e. The fraction of sp³-hybridized carbons (Fsp3) is 0.615. The van der Waals surface area contributed by atoms with E-state index in [1.165, 1.54) is 0 Å². The van der Waals surface area contributed by atoms with Crippen molar-refractivity contribution in [1.82, 2.24) is 15.3 Å². The van der Waals surface area contributed by atoms with Crippen molar-refractivity contribution in [2.75, 3.05) is 18.9 Å². The first kappa shape index (κ1) is 15.9. The van der Waals surface area contributed by atoms with Crippen molar-refractivity contribution in [3.63, 3.8) is 0 Å². The summed E-state index contributed by atoms with van der Waals surface area (Å²) in [5, 5.41) is 4.09. The molecule has 0 amide bonds. The summed E-state index contributed by atoms with van der Waals surface area (Å²) < 4.78 is 5.07. The summed E-state index contributed by atoms with van der Waals surface area (Å²) in [4.78, 5) is 20.0. The minimum Gasteiger partial charge on any atom is -0.465 e. The highest BCUT2D eigenvalue weighted by Gasteiger charge is 2.18. The van der Waals surface area contributed by atoms with Crippen LogP contribution in [0.3, 0.4) is 0 Å². The van der Waals surface area contributed by atoms with Gasteiger partial charge in [0.15, 0.2) is 0 Å². The molecule has 0 fully saturated rings. The van der Waals surface area contributed by atoms with E-state index in [4.69, 9.17) is 4.74 Å². The van der Waals surface area contributed by atoms with Gasteiger partial charge in [-0.25, -0.2) is 4.98 Å². The summed E-state index contributed by atoms with van der Waals surface area (Å²) in [6, 6.07) is -0.232. The average Bonchev–Trinajstić information content (AvgIpc) is 2.44. The Morgan fingerprint density at radius 2 is 2.32 bits per heavy atom. The molecule has 106 valence electrons. The Kier molecular flexibility index (Phi) is 8.16. The second-order valence-corrected chi connectivity index (χ2v) is 5.05. The second kappa shape index (κ2) is 9.75. The Balaban J connectivity index is 2.37. The maximum Gasteiger partial charge on any atom is 0.323 e. The van der Waals surface area contributed by atoms with Crippen molar-refractivity contribution < 1.29 is 9.53 Å². The van der Waals surface area contributed by atoms with E-state index in [9.17, 15) is 4.79 Å². The highest BCUT2D eigenvalue weighted by atomic mass is 32.2. The van der Waals surface area contributed by atoms with Crippen LogP contribution in [0.2, 0.25) is 0 Å². The molecule has 0 saturated carbocycles. The van der Waals surface area contributed by atoms with Crippen LogP contribution in [0.25, 0.3) is 0 Å². The van der Waals surface area contributed by atoms with E-state index in [0.717, 1.165) is 30.2 Å². The third-order valence-electron chi connectivity index (χ3n) is 2.41. The molecule has 1 unspecified atom stereocenters. The number of aromatic nitrogens is 2. The van der Waals surface area contributed by atoms with Crippen LogP contribution >= 0.6 is 11.8 Å². The number of rotatable bonds is 9. The molecule has 0 aliphatic carbocycles. The van der Waals surface area contributed by atoms with Crippen LogP contribution < -0.4 is 5.32 Å². The summed E-state index contributed by atoms with van der Waals surface area (Å²) in [7, 11) is 0. The summed E-state index contributed by atoms with van der Waals surface area (Å²) in [6.45, 7) is 5.13. The molecule has 0 aliphatic rings. The van der Waals surface area contributed by atoms with Crippen molar-refractivity contribution in [2.45, 2.75) is 37.8 Å². The van der Waals surface area contributed by atoms with Gasteiger partial charge in [0.05, 0.1) is 12.8 Å². The Hall–Kier alpha value is -1.14. The minimum atomic E-state index is -0.232. The summed E-state index contributed by atoms with van der Waals surface area (Å²) >= 11 is 1.60. The smallest absolute Gasteiger partial charge is 0.323 e. The van der Waals surface area contributed by atoms with E-state index in [2.05, 4.69) is 22.2 Å². The average molecular weight is 283 g/mol. The van der Waals surface area contributed by atoms with Crippen molar-refractivity contribution in [3.05, 3.63) is 18.6 Å². The van der Waals surface area contributed by atoms with Crippen LogP contribution in [0, 0.1) is 0 Å². The maximum atomic E-state index is 11.8. The highest BCUT2D eigenvalue weighted by Crippen LogP contribution is 2.15. The Labute approximate surface area is 118 Å². The number of nitrogens with one attached hydrogen (secondary N) is 1. The monoisotopic (exact) mass is 283 g/mol. The van der Waals surface area contributed by atoms with Gasteiger partial charge in [0.2, 0.25) is 0 Å². The quantitative estimate of drug-likeness (QED) is 0.551. The highest BCUT2D eigenvalue weighted by molar-refractivity contribution is 7.99. The molecule has 1 N–H and O–H groups in total. The van der Waals surface area contributed by atoms with E-state index >= 15 is 0 Å². The number of carbonyl (C=O) groups is 1. The van der Waals surface area contributed by atoms with Crippen LogP contribution in [0.4, 0.5) is 0 Å². The molecule has 0 radical (unpaired) electrons. The molecule has 1 aromatic heterocycles. The van der Waals surface area contributed by atoms with E-state index in [1.807, 2.05) is 6.92 Å². The molecule has 0 spiro atoms. The van der Waals surface area contributed by atoms with Crippen LogP contribution in [-0.2, 0) is 9.53 Å². The predicted octanol–water partition coefficient (Wildman–Crippen LogP) is 1.89. The van der Waals surface area contributed by atoms with Gasteiger partial charge in [0.25, 0.3) is 0 Å². The topological polar surface area (TPSA) is 64.1 Å². The van der Waals surface area contributed by atoms with Gasteiger partial charge in [-0.3, -0.25) is 9.78 Å². The Bertz CT molecular complexity index is 362. The minimum absolute atomic E-state index is 0.171. The molecule has 1 atom stereocenters.